The Bertz CT molecular complexity index is 559. The fraction of sp³-hybridized carbons (Fsp3) is 0.462. The van der Waals surface area contributed by atoms with E-state index in [0.717, 1.165) is 12.1 Å². The normalized spacial score (nSPS) is 10.9. The first-order valence-electron chi connectivity index (χ1n) is 6.43. The van der Waals surface area contributed by atoms with Crippen molar-refractivity contribution in [3.63, 3.8) is 0 Å². The molecule has 2 aromatic rings. The second kappa shape index (κ2) is 6.17. The number of imidazole rings is 1. The third kappa shape index (κ3) is 3.67. The smallest absolute Gasteiger partial charge is 0.293 e. The van der Waals surface area contributed by atoms with Crippen molar-refractivity contribution >= 4 is 5.82 Å². The topological polar surface area (TPSA) is 75.6 Å². The Hall–Kier alpha value is -2.11. The van der Waals surface area contributed by atoms with Gasteiger partial charge in [0.05, 0.1) is 6.33 Å². The molecule has 2 heterocycles. The molecule has 0 saturated carbocycles. The third-order valence-corrected chi connectivity index (χ3v) is 2.72. The lowest BCUT2D eigenvalue weighted by Crippen LogP contribution is -2.26. The van der Waals surface area contributed by atoms with Gasteiger partial charge in [0, 0.05) is 43.8 Å². The molecule has 102 valence electrons. The van der Waals surface area contributed by atoms with Crippen LogP contribution in [0.1, 0.15) is 19.5 Å². The highest BCUT2D eigenvalue weighted by atomic mass is 16.1. The lowest BCUT2D eigenvalue weighted by molar-refractivity contribution is 0.509. The Morgan fingerprint density at radius 2 is 2.32 bits per heavy atom. The van der Waals surface area contributed by atoms with Crippen LogP contribution in [-0.4, -0.2) is 26.1 Å². The van der Waals surface area contributed by atoms with Gasteiger partial charge >= 0.3 is 0 Å². The minimum absolute atomic E-state index is 0.0687. The summed E-state index contributed by atoms with van der Waals surface area (Å²) in [5.74, 6) is 0.834. The van der Waals surface area contributed by atoms with Crippen molar-refractivity contribution in [3.05, 3.63) is 41.0 Å². The van der Waals surface area contributed by atoms with E-state index in [0.29, 0.717) is 24.8 Å². The molecule has 0 bridgehead atoms. The molecular weight excluding hydrogens is 242 g/mol. The van der Waals surface area contributed by atoms with Crippen molar-refractivity contribution in [1.29, 1.82) is 0 Å². The maximum absolute atomic E-state index is 12.1. The van der Waals surface area contributed by atoms with Crippen molar-refractivity contribution in [2.24, 2.45) is 5.92 Å². The monoisotopic (exact) mass is 261 g/mol. The summed E-state index contributed by atoms with van der Waals surface area (Å²) in [4.78, 5) is 23.2. The number of aromatic amines is 1. The van der Waals surface area contributed by atoms with Gasteiger partial charge in [-0.2, -0.15) is 0 Å². The molecule has 0 fully saturated rings. The molecule has 0 unspecified atom stereocenters. The van der Waals surface area contributed by atoms with Crippen LogP contribution in [0, 0.1) is 5.92 Å². The van der Waals surface area contributed by atoms with E-state index < -0.39 is 0 Å². The molecule has 0 radical (unpaired) electrons. The zero-order valence-electron chi connectivity index (χ0n) is 11.3. The van der Waals surface area contributed by atoms with E-state index in [2.05, 4.69) is 34.1 Å². The Labute approximate surface area is 111 Å². The summed E-state index contributed by atoms with van der Waals surface area (Å²) in [5, 5.41) is 3.07. The Kier molecular flexibility index (Phi) is 4.33. The van der Waals surface area contributed by atoms with Gasteiger partial charge in [0.15, 0.2) is 5.82 Å². The Morgan fingerprint density at radius 1 is 1.47 bits per heavy atom. The SMILES string of the molecule is CC(C)Cn1ccnc(NCCc2cnc[nH]2)c1=O. The molecule has 0 aliphatic rings. The van der Waals surface area contributed by atoms with Crippen LogP contribution in [0.25, 0.3) is 0 Å². The number of aromatic nitrogens is 4. The summed E-state index contributed by atoms with van der Waals surface area (Å²) in [6.07, 6.45) is 7.58. The molecule has 0 spiro atoms. The van der Waals surface area contributed by atoms with Crippen LogP contribution in [0.2, 0.25) is 0 Å². The zero-order chi connectivity index (χ0) is 13.7. The van der Waals surface area contributed by atoms with E-state index in [-0.39, 0.29) is 5.56 Å². The van der Waals surface area contributed by atoms with Gasteiger partial charge in [0.2, 0.25) is 0 Å². The summed E-state index contributed by atoms with van der Waals surface area (Å²) in [5.41, 5.74) is 0.965. The summed E-state index contributed by atoms with van der Waals surface area (Å²) >= 11 is 0. The largest absolute Gasteiger partial charge is 0.365 e. The first-order chi connectivity index (χ1) is 9.16. The van der Waals surface area contributed by atoms with Crippen LogP contribution < -0.4 is 10.9 Å². The van der Waals surface area contributed by atoms with E-state index in [9.17, 15) is 4.79 Å². The average Bonchev–Trinajstić information content (AvgIpc) is 2.86. The van der Waals surface area contributed by atoms with E-state index in [1.807, 2.05) is 0 Å². The number of rotatable bonds is 6. The molecule has 0 aliphatic carbocycles. The summed E-state index contributed by atoms with van der Waals surface area (Å²) < 4.78 is 1.69. The maximum atomic E-state index is 12.1. The first kappa shape index (κ1) is 13.3. The van der Waals surface area contributed by atoms with Crippen molar-refractivity contribution in [2.45, 2.75) is 26.8 Å². The van der Waals surface area contributed by atoms with E-state index in [4.69, 9.17) is 0 Å². The van der Waals surface area contributed by atoms with E-state index >= 15 is 0 Å². The molecule has 0 amide bonds. The van der Waals surface area contributed by atoms with Crippen LogP contribution in [0.4, 0.5) is 5.82 Å². The predicted octanol–water partition coefficient (Wildman–Crippen LogP) is 1.28. The number of hydrogen-bond acceptors (Lipinski definition) is 4. The number of hydrogen-bond donors (Lipinski definition) is 2. The Morgan fingerprint density at radius 3 is 3.00 bits per heavy atom. The van der Waals surface area contributed by atoms with Crippen molar-refractivity contribution < 1.29 is 0 Å². The Balaban J connectivity index is 1.98. The van der Waals surface area contributed by atoms with Gasteiger partial charge in [-0.25, -0.2) is 9.97 Å². The maximum Gasteiger partial charge on any atom is 0.293 e. The van der Waals surface area contributed by atoms with Crippen molar-refractivity contribution in [2.75, 3.05) is 11.9 Å². The van der Waals surface area contributed by atoms with Gasteiger partial charge in [0.25, 0.3) is 5.56 Å². The van der Waals surface area contributed by atoms with Crippen molar-refractivity contribution in [1.82, 2.24) is 19.5 Å². The summed E-state index contributed by atoms with van der Waals surface area (Å²) in [6.45, 7) is 5.52. The van der Waals surface area contributed by atoms with Crippen LogP contribution in [0.15, 0.2) is 29.7 Å². The molecule has 19 heavy (non-hydrogen) atoms. The van der Waals surface area contributed by atoms with Crippen LogP contribution in [0.5, 0.6) is 0 Å². The highest BCUT2D eigenvalue weighted by Crippen LogP contribution is 1.99. The molecule has 0 saturated heterocycles. The lowest BCUT2D eigenvalue weighted by atomic mass is 10.2. The zero-order valence-corrected chi connectivity index (χ0v) is 11.3. The predicted molar refractivity (Wildman–Crippen MR) is 74.1 cm³/mol. The minimum Gasteiger partial charge on any atom is -0.365 e. The molecule has 0 aliphatic heterocycles. The second-order valence-electron chi connectivity index (χ2n) is 4.88. The molecular formula is C13H19N5O. The number of nitrogens with zero attached hydrogens (tertiary/aromatic N) is 3. The molecule has 6 heteroatoms. The fourth-order valence-corrected chi connectivity index (χ4v) is 1.84. The van der Waals surface area contributed by atoms with E-state index in [1.54, 1.807) is 29.5 Å². The van der Waals surface area contributed by atoms with Gasteiger partial charge in [-0.05, 0) is 5.92 Å². The van der Waals surface area contributed by atoms with Gasteiger partial charge in [-0.15, -0.1) is 0 Å². The standard InChI is InChI=1S/C13H19N5O/c1-10(2)8-18-6-5-16-12(13(18)19)15-4-3-11-7-14-9-17-11/h5-7,9-10H,3-4,8H2,1-2H3,(H,14,17)(H,15,16). The molecule has 2 rings (SSSR count). The second-order valence-corrected chi connectivity index (χ2v) is 4.88. The van der Waals surface area contributed by atoms with Gasteiger partial charge < -0.3 is 14.9 Å². The van der Waals surface area contributed by atoms with E-state index in [1.165, 1.54) is 0 Å². The molecule has 0 atom stereocenters. The lowest BCUT2D eigenvalue weighted by Gasteiger charge is -2.10. The van der Waals surface area contributed by atoms with Gasteiger partial charge in [-0.1, -0.05) is 13.8 Å². The van der Waals surface area contributed by atoms with Gasteiger partial charge in [0.1, 0.15) is 0 Å². The summed E-state index contributed by atoms with van der Waals surface area (Å²) in [7, 11) is 0. The number of nitrogens with one attached hydrogen (secondary N) is 2. The highest BCUT2D eigenvalue weighted by molar-refractivity contribution is 5.30. The minimum atomic E-state index is -0.0687. The molecule has 2 N–H and O–H groups in total. The van der Waals surface area contributed by atoms with Crippen LogP contribution >= 0.6 is 0 Å². The first-order valence-corrected chi connectivity index (χ1v) is 6.43. The molecule has 0 aromatic carbocycles. The van der Waals surface area contributed by atoms with Crippen molar-refractivity contribution in [3.8, 4) is 0 Å². The van der Waals surface area contributed by atoms with Crippen LogP contribution in [0.3, 0.4) is 0 Å². The van der Waals surface area contributed by atoms with Crippen LogP contribution in [-0.2, 0) is 13.0 Å². The quantitative estimate of drug-likeness (QED) is 0.821. The third-order valence-electron chi connectivity index (χ3n) is 2.72. The van der Waals surface area contributed by atoms with Gasteiger partial charge in [-0.3, -0.25) is 4.79 Å². The average molecular weight is 261 g/mol. The number of anilines is 1. The molecule has 2 aromatic heterocycles. The fourth-order valence-electron chi connectivity index (χ4n) is 1.84. The molecule has 6 nitrogen and oxygen atoms in total. The number of H-pyrrole nitrogens is 1. The highest BCUT2D eigenvalue weighted by Gasteiger charge is 2.05. The summed E-state index contributed by atoms with van der Waals surface area (Å²) in [6, 6.07) is 0.